The Morgan fingerprint density at radius 1 is 1.40 bits per heavy atom. The Morgan fingerprint density at radius 2 is 2.00 bits per heavy atom. The Bertz CT molecular complexity index is 89.3. The summed E-state index contributed by atoms with van der Waals surface area (Å²) in [6.45, 7) is 4.98. The summed E-state index contributed by atoms with van der Waals surface area (Å²) in [5, 5.41) is 1.14. The molecule has 0 radical (unpaired) electrons. The van der Waals surface area contributed by atoms with Crippen LogP contribution in [0.25, 0.3) is 0 Å². The Hall–Kier alpha value is 0.440. The number of likely N-dealkylation sites (tertiary alicyclic amines) is 1. The minimum Gasteiger partial charge on any atom is -0.301 e. The summed E-state index contributed by atoms with van der Waals surface area (Å²) in [5.41, 5.74) is 0. The molecule has 10 heavy (non-hydrogen) atoms. The molecule has 60 valence electrons. The zero-order chi connectivity index (χ0) is 7.40. The van der Waals surface area contributed by atoms with E-state index in [1.165, 1.54) is 32.4 Å². The quantitative estimate of drug-likeness (QED) is 0.640. The molecule has 1 fully saturated rings. The van der Waals surface area contributed by atoms with Crippen molar-refractivity contribution in [2.75, 3.05) is 18.4 Å². The van der Waals surface area contributed by atoms with Gasteiger partial charge >= 0.3 is 0 Å². The van der Waals surface area contributed by atoms with E-state index in [0.717, 1.165) is 11.4 Å². The first-order chi connectivity index (χ1) is 4.84. The number of halogens is 1. The van der Waals surface area contributed by atoms with Crippen molar-refractivity contribution < 1.29 is 0 Å². The molecular weight excluding hydrogens is 190 g/mol. The molecule has 0 N–H and O–H groups in total. The van der Waals surface area contributed by atoms with Crippen LogP contribution in [0, 0.1) is 0 Å². The van der Waals surface area contributed by atoms with Crippen LogP contribution in [0.4, 0.5) is 0 Å². The van der Waals surface area contributed by atoms with E-state index in [-0.39, 0.29) is 0 Å². The molecule has 1 saturated heterocycles. The van der Waals surface area contributed by atoms with Crippen molar-refractivity contribution in [2.24, 2.45) is 0 Å². The van der Waals surface area contributed by atoms with Crippen LogP contribution in [-0.2, 0) is 0 Å². The second-order valence-corrected chi connectivity index (χ2v) is 3.86. The molecule has 1 rings (SSSR count). The molecule has 0 amide bonds. The lowest BCUT2D eigenvalue weighted by Crippen LogP contribution is -2.30. The minimum absolute atomic E-state index is 0.793. The Balaban J connectivity index is 2.18. The molecule has 1 heterocycles. The maximum atomic E-state index is 3.47. The fraction of sp³-hybridized carbons (Fsp3) is 1.00. The third-order valence-corrected chi connectivity index (χ3v) is 2.75. The van der Waals surface area contributed by atoms with E-state index in [0.29, 0.717) is 0 Å². The van der Waals surface area contributed by atoms with Gasteiger partial charge in [-0.05, 0) is 39.3 Å². The Morgan fingerprint density at radius 3 is 2.50 bits per heavy atom. The first-order valence-electron chi connectivity index (χ1n) is 4.14. The van der Waals surface area contributed by atoms with E-state index in [2.05, 4.69) is 27.8 Å². The van der Waals surface area contributed by atoms with Gasteiger partial charge in [0.2, 0.25) is 0 Å². The van der Waals surface area contributed by atoms with E-state index in [9.17, 15) is 0 Å². The van der Waals surface area contributed by atoms with Gasteiger partial charge in [0.25, 0.3) is 0 Å². The van der Waals surface area contributed by atoms with Crippen LogP contribution in [0.1, 0.15) is 26.2 Å². The summed E-state index contributed by atoms with van der Waals surface area (Å²) in [6, 6.07) is 0.793. The fourth-order valence-corrected chi connectivity index (χ4v) is 2.19. The first kappa shape index (κ1) is 8.54. The Labute approximate surface area is 71.9 Å². The third kappa shape index (κ3) is 2.24. The van der Waals surface area contributed by atoms with Gasteiger partial charge in [-0.15, -0.1) is 0 Å². The van der Waals surface area contributed by atoms with Gasteiger partial charge in [-0.25, -0.2) is 0 Å². The molecular formula is C8H16BrN. The van der Waals surface area contributed by atoms with Crippen molar-refractivity contribution in [1.82, 2.24) is 4.90 Å². The molecule has 0 bridgehead atoms. The summed E-state index contributed by atoms with van der Waals surface area (Å²) in [5.74, 6) is 0. The predicted octanol–water partition coefficient (Wildman–Crippen LogP) is 2.26. The smallest absolute Gasteiger partial charge is 0.00748 e. The third-order valence-electron chi connectivity index (χ3n) is 2.29. The van der Waals surface area contributed by atoms with Gasteiger partial charge in [0, 0.05) is 11.4 Å². The number of alkyl halides is 1. The van der Waals surface area contributed by atoms with Gasteiger partial charge in [-0.3, -0.25) is 0 Å². The molecule has 2 heteroatoms. The highest BCUT2D eigenvalue weighted by Crippen LogP contribution is 2.13. The maximum Gasteiger partial charge on any atom is 0.00748 e. The maximum absolute atomic E-state index is 3.47. The summed E-state index contributed by atoms with van der Waals surface area (Å²) in [6.07, 6.45) is 4.11. The monoisotopic (exact) mass is 205 g/mol. The molecule has 0 aliphatic carbocycles. The van der Waals surface area contributed by atoms with Crippen molar-refractivity contribution in [3.63, 3.8) is 0 Å². The number of hydrogen-bond acceptors (Lipinski definition) is 1. The molecule has 0 spiro atoms. The first-order valence-corrected chi connectivity index (χ1v) is 5.26. The predicted molar refractivity (Wildman–Crippen MR) is 48.7 cm³/mol. The second kappa shape index (κ2) is 4.35. The molecule has 1 aliphatic rings. The summed E-state index contributed by atoms with van der Waals surface area (Å²) >= 11 is 3.47. The fourth-order valence-electron chi connectivity index (χ4n) is 1.52. The van der Waals surface area contributed by atoms with E-state index in [1.807, 2.05) is 0 Å². The second-order valence-electron chi connectivity index (χ2n) is 3.07. The van der Waals surface area contributed by atoms with Gasteiger partial charge in [0.05, 0.1) is 0 Å². The molecule has 1 nitrogen and oxygen atoms in total. The van der Waals surface area contributed by atoms with Crippen LogP contribution in [0.15, 0.2) is 0 Å². The van der Waals surface area contributed by atoms with Crippen molar-refractivity contribution in [2.45, 2.75) is 32.2 Å². The van der Waals surface area contributed by atoms with Crippen LogP contribution in [0.5, 0.6) is 0 Å². The number of rotatable bonds is 3. The average molecular weight is 206 g/mol. The van der Waals surface area contributed by atoms with Gasteiger partial charge in [0.15, 0.2) is 0 Å². The van der Waals surface area contributed by atoms with Crippen molar-refractivity contribution in [3.8, 4) is 0 Å². The van der Waals surface area contributed by atoms with E-state index < -0.39 is 0 Å². The van der Waals surface area contributed by atoms with Gasteiger partial charge < -0.3 is 4.90 Å². The molecule has 0 saturated carbocycles. The number of hydrogen-bond donors (Lipinski definition) is 0. The topological polar surface area (TPSA) is 3.24 Å². The summed E-state index contributed by atoms with van der Waals surface area (Å²) in [4.78, 5) is 2.58. The SMILES string of the molecule is CC(CCBr)N1CCCC1. The highest BCUT2D eigenvalue weighted by atomic mass is 79.9. The Kier molecular flexibility index (Phi) is 3.71. The largest absolute Gasteiger partial charge is 0.301 e. The minimum atomic E-state index is 0.793. The van der Waals surface area contributed by atoms with E-state index >= 15 is 0 Å². The normalized spacial score (nSPS) is 23.4. The van der Waals surface area contributed by atoms with Crippen LogP contribution in [0.3, 0.4) is 0 Å². The van der Waals surface area contributed by atoms with E-state index in [4.69, 9.17) is 0 Å². The lowest BCUT2D eigenvalue weighted by atomic mass is 10.2. The average Bonchev–Trinajstić information content (AvgIpc) is 2.38. The molecule has 0 aromatic heterocycles. The van der Waals surface area contributed by atoms with Crippen molar-refractivity contribution >= 4 is 15.9 Å². The van der Waals surface area contributed by atoms with Crippen LogP contribution in [0.2, 0.25) is 0 Å². The van der Waals surface area contributed by atoms with Crippen molar-refractivity contribution in [3.05, 3.63) is 0 Å². The molecule has 1 aliphatic heterocycles. The van der Waals surface area contributed by atoms with Crippen LogP contribution < -0.4 is 0 Å². The lowest BCUT2D eigenvalue weighted by molar-refractivity contribution is 0.255. The summed E-state index contributed by atoms with van der Waals surface area (Å²) < 4.78 is 0. The van der Waals surface area contributed by atoms with Gasteiger partial charge in [-0.1, -0.05) is 15.9 Å². The molecule has 0 aromatic carbocycles. The molecule has 1 unspecified atom stereocenters. The van der Waals surface area contributed by atoms with Gasteiger partial charge in [0.1, 0.15) is 0 Å². The molecule has 1 atom stereocenters. The molecule has 0 aromatic rings. The summed E-state index contributed by atoms with van der Waals surface area (Å²) in [7, 11) is 0. The standard InChI is InChI=1S/C8H16BrN/c1-8(4-5-9)10-6-2-3-7-10/h8H,2-7H2,1H3. The van der Waals surface area contributed by atoms with Crippen LogP contribution >= 0.6 is 15.9 Å². The highest BCUT2D eigenvalue weighted by Gasteiger charge is 2.16. The van der Waals surface area contributed by atoms with Crippen molar-refractivity contribution in [1.29, 1.82) is 0 Å². The lowest BCUT2D eigenvalue weighted by Gasteiger charge is -2.22. The number of nitrogens with zero attached hydrogens (tertiary/aromatic N) is 1. The zero-order valence-corrected chi connectivity index (χ0v) is 8.23. The highest BCUT2D eigenvalue weighted by molar-refractivity contribution is 9.09. The van der Waals surface area contributed by atoms with Gasteiger partial charge in [-0.2, -0.15) is 0 Å². The van der Waals surface area contributed by atoms with Crippen LogP contribution in [-0.4, -0.2) is 29.4 Å². The van der Waals surface area contributed by atoms with E-state index in [1.54, 1.807) is 0 Å². The zero-order valence-electron chi connectivity index (χ0n) is 6.65.